The van der Waals surface area contributed by atoms with Crippen LogP contribution < -0.4 is 0 Å². The highest BCUT2D eigenvalue weighted by atomic mass is 32.1. The standard InChI is InChI=1S/C51H30N4S2/c1-3-13-31(14-4-1)49-52-50(32-15-5-2-6-16-32)54-51(53-49)40-20-12-24-44-48(40)38-27-25-33(29-45(38)56-44)35-19-11-23-43-47(35)39-28-26-34(30-46(39)57-43)55-41-21-9-7-17-36(41)37-18-8-10-22-42(37)55/h1-30H. The summed E-state index contributed by atoms with van der Waals surface area (Å²) in [7, 11) is 0. The number of rotatable bonds is 5. The van der Waals surface area contributed by atoms with E-state index in [4.69, 9.17) is 15.0 Å². The minimum atomic E-state index is 0.663. The van der Waals surface area contributed by atoms with Crippen molar-refractivity contribution >= 4 is 84.8 Å². The fourth-order valence-corrected chi connectivity index (χ4v) is 10.8. The van der Waals surface area contributed by atoms with Crippen molar-refractivity contribution in [3.8, 4) is 51.0 Å². The van der Waals surface area contributed by atoms with Crippen molar-refractivity contribution in [1.29, 1.82) is 0 Å². The van der Waals surface area contributed by atoms with Crippen LogP contribution >= 0.6 is 22.7 Å². The van der Waals surface area contributed by atoms with Crippen LogP contribution in [0.2, 0.25) is 0 Å². The van der Waals surface area contributed by atoms with E-state index in [0.29, 0.717) is 17.5 Å². The first-order valence-electron chi connectivity index (χ1n) is 19.0. The average Bonchev–Trinajstić information content (AvgIpc) is 3.96. The zero-order valence-corrected chi connectivity index (χ0v) is 32.1. The highest BCUT2D eigenvalue weighted by Gasteiger charge is 2.19. The Hall–Kier alpha value is -6.99. The van der Waals surface area contributed by atoms with E-state index in [1.807, 2.05) is 59.1 Å². The summed E-state index contributed by atoms with van der Waals surface area (Å²) >= 11 is 3.69. The van der Waals surface area contributed by atoms with E-state index in [1.165, 1.54) is 79.0 Å². The maximum atomic E-state index is 5.09. The first-order chi connectivity index (χ1) is 28.2. The molecule has 0 bridgehead atoms. The van der Waals surface area contributed by atoms with Crippen LogP contribution in [-0.2, 0) is 0 Å². The van der Waals surface area contributed by atoms with Gasteiger partial charge < -0.3 is 4.57 Å². The largest absolute Gasteiger partial charge is 0.309 e. The first-order valence-corrected chi connectivity index (χ1v) is 20.7. The quantitative estimate of drug-likeness (QED) is 0.175. The van der Waals surface area contributed by atoms with Gasteiger partial charge in [0, 0.05) is 73.5 Å². The summed E-state index contributed by atoms with van der Waals surface area (Å²) in [5.41, 5.74) is 9.03. The minimum Gasteiger partial charge on any atom is -0.309 e. The maximum absolute atomic E-state index is 5.09. The van der Waals surface area contributed by atoms with Crippen LogP contribution in [0, 0.1) is 0 Å². The third kappa shape index (κ3) is 5.15. The Morgan fingerprint density at radius 2 is 0.842 bits per heavy atom. The van der Waals surface area contributed by atoms with Crippen LogP contribution in [0.25, 0.3) is 113 Å². The third-order valence-electron chi connectivity index (χ3n) is 11.1. The number of aromatic nitrogens is 4. The molecule has 0 amide bonds. The van der Waals surface area contributed by atoms with Crippen LogP contribution in [0.5, 0.6) is 0 Å². The lowest BCUT2D eigenvalue weighted by atomic mass is 9.97. The zero-order valence-electron chi connectivity index (χ0n) is 30.4. The molecule has 4 aromatic heterocycles. The van der Waals surface area contributed by atoms with Gasteiger partial charge in [0.05, 0.1) is 11.0 Å². The van der Waals surface area contributed by atoms with Crippen molar-refractivity contribution in [2.45, 2.75) is 0 Å². The molecule has 6 heteroatoms. The molecule has 266 valence electrons. The van der Waals surface area contributed by atoms with Crippen molar-refractivity contribution in [3.63, 3.8) is 0 Å². The summed E-state index contributed by atoms with van der Waals surface area (Å²) in [4.78, 5) is 15.1. The molecule has 0 saturated heterocycles. The topological polar surface area (TPSA) is 43.6 Å². The Balaban J connectivity index is 0.997. The van der Waals surface area contributed by atoms with Crippen molar-refractivity contribution < 1.29 is 0 Å². The first kappa shape index (κ1) is 32.3. The van der Waals surface area contributed by atoms with E-state index >= 15 is 0 Å². The Kier molecular flexibility index (Phi) is 7.24. The van der Waals surface area contributed by atoms with Gasteiger partial charge in [0.2, 0.25) is 0 Å². The second-order valence-corrected chi connectivity index (χ2v) is 16.5. The molecule has 0 atom stereocenters. The Morgan fingerprint density at radius 1 is 0.333 bits per heavy atom. The highest BCUT2D eigenvalue weighted by molar-refractivity contribution is 7.26. The molecule has 0 aliphatic heterocycles. The molecule has 4 nitrogen and oxygen atoms in total. The third-order valence-corrected chi connectivity index (χ3v) is 13.3. The molecule has 0 aliphatic rings. The van der Waals surface area contributed by atoms with Crippen molar-refractivity contribution in [3.05, 3.63) is 182 Å². The smallest absolute Gasteiger partial charge is 0.164 e. The Morgan fingerprint density at radius 3 is 1.47 bits per heavy atom. The fourth-order valence-electron chi connectivity index (χ4n) is 8.50. The molecule has 0 aliphatic carbocycles. The van der Waals surface area contributed by atoms with Gasteiger partial charge in [-0.15, -0.1) is 22.7 Å². The molecule has 57 heavy (non-hydrogen) atoms. The molecule has 12 rings (SSSR count). The summed E-state index contributed by atoms with van der Waals surface area (Å²) in [5.74, 6) is 2.00. The molecule has 0 spiro atoms. The van der Waals surface area contributed by atoms with Crippen molar-refractivity contribution in [2.24, 2.45) is 0 Å². The van der Waals surface area contributed by atoms with Crippen molar-refractivity contribution in [2.75, 3.05) is 0 Å². The number of benzene rings is 8. The second-order valence-electron chi connectivity index (χ2n) is 14.4. The summed E-state index contributed by atoms with van der Waals surface area (Å²) < 4.78 is 7.42. The van der Waals surface area contributed by atoms with E-state index in [-0.39, 0.29) is 0 Å². The molecule has 12 aromatic rings. The molecular formula is C51H30N4S2. The summed E-state index contributed by atoms with van der Waals surface area (Å²) in [6, 6.07) is 64.9. The second kappa shape index (κ2) is 12.8. The number of para-hydroxylation sites is 2. The highest BCUT2D eigenvalue weighted by Crippen LogP contribution is 2.45. The zero-order chi connectivity index (χ0) is 37.5. The molecule has 0 unspecified atom stereocenters. The van der Waals surface area contributed by atoms with Crippen molar-refractivity contribution in [1.82, 2.24) is 19.5 Å². The monoisotopic (exact) mass is 762 g/mol. The molecule has 0 N–H and O–H groups in total. The molecule has 8 aromatic carbocycles. The van der Waals surface area contributed by atoms with E-state index in [9.17, 15) is 0 Å². The van der Waals surface area contributed by atoms with Gasteiger partial charge in [-0.25, -0.2) is 15.0 Å². The van der Waals surface area contributed by atoms with Gasteiger partial charge in [-0.1, -0.05) is 140 Å². The van der Waals surface area contributed by atoms with E-state index in [0.717, 1.165) is 16.7 Å². The lowest BCUT2D eigenvalue weighted by Gasteiger charge is -2.10. The normalized spacial score (nSPS) is 11.9. The van der Waals surface area contributed by atoms with Gasteiger partial charge in [0.1, 0.15) is 0 Å². The van der Waals surface area contributed by atoms with Crippen LogP contribution in [0.15, 0.2) is 182 Å². The fraction of sp³-hybridized carbons (Fsp3) is 0. The number of hydrogen-bond donors (Lipinski definition) is 0. The van der Waals surface area contributed by atoms with Crippen LogP contribution in [0.3, 0.4) is 0 Å². The summed E-state index contributed by atoms with van der Waals surface area (Å²) in [6.07, 6.45) is 0. The average molecular weight is 763 g/mol. The number of thiophene rings is 2. The number of hydrogen-bond acceptors (Lipinski definition) is 5. The number of fused-ring (bicyclic) bond motifs is 9. The van der Waals surface area contributed by atoms with Gasteiger partial charge in [0.25, 0.3) is 0 Å². The van der Waals surface area contributed by atoms with Gasteiger partial charge in [0.15, 0.2) is 17.5 Å². The SMILES string of the molecule is c1ccc(-c2nc(-c3ccccc3)nc(-c3cccc4sc5cc(-c6cccc7sc8cc(-n9c%10ccccc%10c%10ccccc%109)ccc8c67)ccc5c34)n2)cc1. The Labute approximate surface area is 335 Å². The van der Waals surface area contributed by atoms with E-state index < -0.39 is 0 Å². The lowest BCUT2D eigenvalue weighted by Crippen LogP contribution is -2.00. The number of nitrogens with zero attached hydrogens (tertiary/aromatic N) is 4. The molecular weight excluding hydrogens is 733 g/mol. The van der Waals surface area contributed by atoms with Gasteiger partial charge in [-0.05, 0) is 53.6 Å². The van der Waals surface area contributed by atoms with Crippen LogP contribution in [0.1, 0.15) is 0 Å². The minimum absolute atomic E-state index is 0.663. The van der Waals surface area contributed by atoms with E-state index in [2.05, 4.69) is 150 Å². The molecule has 4 heterocycles. The summed E-state index contributed by atoms with van der Waals surface area (Å²) in [6.45, 7) is 0. The summed E-state index contributed by atoms with van der Waals surface area (Å²) in [5, 5.41) is 7.52. The Bertz CT molecular complexity index is 3410. The van der Waals surface area contributed by atoms with Gasteiger partial charge in [-0.2, -0.15) is 0 Å². The predicted molar refractivity (Wildman–Crippen MR) is 242 cm³/mol. The molecule has 0 fully saturated rings. The van der Waals surface area contributed by atoms with Crippen LogP contribution in [-0.4, -0.2) is 19.5 Å². The van der Waals surface area contributed by atoms with Crippen LogP contribution in [0.4, 0.5) is 0 Å². The maximum Gasteiger partial charge on any atom is 0.164 e. The molecule has 0 saturated carbocycles. The predicted octanol–water partition coefficient (Wildman–Crippen LogP) is 14.4. The molecule has 0 radical (unpaired) electrons. The van der Waals surface area contributed by atoms with Gasteiger partial charge >= 0.3 is 0 Å². The van der Waals surface area contributed by atoms with E-state index in [1.54, 1.807) is 0 Å². The van der Waals surface area contributed by atoms with Gasteiger partial charge in [-0.3, -0.25) is 0 Å². The lowest BCUT2D eigenvalue weighted by molar-refractivity contribution is 1.08.